The summed E-state index contributed by atoms with van der Waals surface area (Å²) in [5, 5.41) is 6.93. The molecule has 146 valence electrons. The van der Waals surface area contributed by atoms with Crippen LogP contribution in [0.4, 0.5) is 9.18 Å². The highest BCUT2D eigenvalue weighted by Crippen LogP contribution is 2.25. The number of hydrogen-bond acceptors (Lipinski definition) is 5. The van der Waals surface area contributed by atoms with Gasteiger partial charge in [-0.2, -0.15) is 4.98 Å². The summed E-state index contributed by atoms with van der Waals surface area (Å²) in [4.78, 5) is 18.5. The minimum absolute atomic E-state index is 0.0518. The Kier molecular flexibility index (Phi) is 6.26. The van der Waals surface area contributed by atoms with Gasteiger partial charge in [0, 0.05) is 25.6 Å². The smallest absolute Gasteiger partial charge is 0.317 e. The summed E-state index contributed by atoms with van der Waals surface area (Å²) in [5.41, 5.74) is 0. The van der Waals surface area contributed by atoms with Crippen LogP contribution in [0, 0.1) is 5.82 Å². The Hall–Kier alpha value is -2.64. The van der Waals surface area contributed by atoms with E-state index in [2.05, 4.69) is 15.5 Å². The minimum Gasteiger partial charge on any atom is -0.493 e. The normalized spacial score (nSPS) is 17.2. The quantitative estimate of drug-likeness (QED) is 0.838. The number of carbonyl (C=O) groups excluding carboxylic acids is 1. The second kappa shape index (κ2) is 8.83. The monoisotopic (exact) mass is 376 g/mol. The van der Waals surface area contributed by atoms with Gasteiger partial charge in [-0.25, -0.2) is 9.18 Å². The molecule has 1 aliphatic heterocycles. The van der Waals surface area contributed by atoms with Gasteiger partial charge in [-0.1, -0.05) is 5.16 Å². The molecule has 1 fully saturated rings. The summed E-state index contributed by atoms with van der Waals surface area (Å²) in [7, 11) is 0. The number of ether oxygens (including phenoxy) is 1. The summed E-state index contributed by atoms with van der Waals surface area (Å²) in [5.74, 6) is 1.48. The van der Waals surface area contributed by atoms with Crippen molar-refractivity contribution in [3.05, 3.63) is 41.8 Å². The molecule has 0 saturated carbocycles. The highest BCUT2D eigenvalue weighted by molar-refractivity contribution is 5.74. The van der Waals surface area contributed by atoms with Crippen molar-refractivity contribution < 1.29 is 18.4 Å². The van der Waals surface area contributed by atoms with Crippen molar-refractivity contribution in [2.45, 2.75) is 45.1 Å². The van der Waals surface area contributed by atoms with Crippen LogP contribution in [0.5, 0.6) is 5.75 Å². The summed E-state index contributed by atoms with van der Waals surface area (Å²) in [6, 6.07) is 5.92. The first-order chi connectivity index (χ1) is 13.0. The van der Waals surface area contributed by atoms with E-state index < -0.39 is 0 Å². The van der Waals surface area contributed by atoms with Gasteiger partial charge in [-0.15, -0.1) is 0 Å². The van der Waals surface area contributed by atoms with E-state index in [4.69, 9.17) is 9.26 Å². The van der Waals surface area contributed by atoms with Gasteiger partial charge in [-0.3, -0.25) is 0 Å². The standard InChI is InChI=1S/C19H25FN4O3/c1-13(2)21-19(25)24-10-3-4-14(12-24)18-22-17(23-27-18)9-11-26-16-7-5-15(20)6-8-16/h5-8,13-14H,3-4,9-12H2,1-2H3,(H,21,25). The molecule has 1 atom stereocenters. The molecule has 0 bridgehead atoms. The van der Waals surface area contributed by atoms with E-state index in [0.717, 1.165) is 19.4 Å². The zero-order valence-corrected chi connectivity index (χ0v) is 15.7. The van der Waals surface area contributed by atoms with Gasteiger partial charge in [0.05, 0.1) is 12.5 Å². The zero-order chi connectivity index (χ0) is 19.2. The number of piperidine rings is 1. The highest BCUT2D eigenvalue weighted by Gasteiger charge is 2.28. The Morgan fingerprint density at radius 1 is 1.41 bits per heavy atom. The van der Waals surface area contributed by atoms with Gasteiger partial charge in [-0.05, 0) is 51.0 Å². The van der Waals surface area contributed by atoms with Crippen molar-refractivity contribution in [1.82, 2.24) is 20.4 Å². The van der Waals surface area contributed by atoms with Crippen LogP contribution in [-0.4, -0.2) is 46.8 Å². The van der Waals surface area contributed by atoms with E-state index in [1.165, 1.54) is 12.1 Å². The third-order valence-electron chi connectivity index (χ3n) is 4.36. The molecule has 1 aromatic carbocycles. The number of benzene rings is 1. The second-order valence-corrected chi connectivity index (χ2v) is 6.99. The number of nitrogens with one attached hydrogen (secondary N) is 1. The number of halogens is 1. The number of carbonyl (C=O) groups is 1. The molecule has 2 amide bonds. The van der Waals surface area contributed by atoms with Crippen LogP contribution in [0.1, 0.15) is 44.3 Å². The molecule has 2 heterocycles. The molecule has 0 radical (unpaired) electrons. The fourth-order valence-corrected chi connectivity index (χ4v) is 3.03. The second-order valence-electron chi connectivity index (χ2n) is 6.99. The minimum atomic E-state index is -0.297. The van der Waals surface area contributed by atoms with Crippen molar-refractivity contribution in [2.75, 3.05) is 19.7 Å². The molecular formula is C19H25FN4O3. The van der Waals surface area contributed by atoms with Gasteiger partial charge >= 0.3 is 6.03 Å². The highest BCUT2D eigenvalue weighted by atomic mass is 19.1. The Morgan fingerprint density at radius 3 is 2.93 bits per heavy atom. The SMILES string of the molecule is CC(C)NC(=O)N1CCCC(c2nc(CCOc3ccc(F)cc3)no2)C1. The summed E-state index contributed by atoms with van der Waals surface area (Å²) >= 11 is 0. The Balaban J connectivity index is 1.50. The van der Waals surface area contributed by atoms with Gasteiger partial charge in [0.25, 0.3) is 0 Å². The molecule has 2 aromatic rings. The van der Waals surface area contributed by atoms with Crippen LogP contribution in [0.2, 0.25) is 0 Å². The fraction of sp³-hybridized carbons (Fsp3) is 0.526. The number of amides is 2. The van der Waals surface area contributed by atoms with E-state index in [1.807, 2.05) is 13.8 Å². The number of urea groups is 1. The predicted molar refractivity (Wildman–Crippen MR) is 97.1 cm³/mol. The lowest BCUT2D eigenvalue weighted by Crippen LogP contribution is -2.47. The van der Waals surface area contributed by atoms with Gasteiger partial charge in [0.2, 0.25) is 5.89 Å². The molecule has 1 unspecified atom stereocenters. The molecule has 7 nitrogen and oxygen atoms in total. The molecule has 0 spiro atoms. The topological polar surface area (TPSA) is 80.5 Å². The van der Waals surface area contributed by atoms with E-state index in [9.17, 15) is 9.18 Å². The van der Waals surface area contributed by atoms with Crippen LogP contribution >= 0.6 is 0 Å². The molecule has 3 rings (SSSR count). The van der Waals surface area contributed by atoms with E-state index in [0.29, 0.717) is 37.0 Å². The maximum Gasteiger partial charge on any atom is 0.317 e. The van der Waals surface area contributed by atoms with E-state index in [-0.39, 0.29) is 23.8 Å². The maximum absolute atomic E-state index is 12.9. The number of likely N-dealkylation sites (tertiary alicyclic amines) is 1. The van der Waals surface area contributed by atoms with Crippen molar-refractivity contribution >= 4 is 6.03 Å². The number of aromatic nitrogens is 2. The number of rotatable bonds is 6. The number of hydrogen-bond donors (Lipinski definition) is 1. The van der Waals surface area contributed by atoms with Crippen LogP contribution in [0.15, 0.2) is 28.8 Å². The Morgan fingerprint density at radius 2 is 2.19 bits per heavy atom. The Bertz CT molecular complexity index is 748. The van der Waals surface area contributed by atoms with E-state index >= 15 is 0 Å². The van der Waals surface area contributed by atoms with Crippen LogP contribution in [-0.2, 0) is 6.42 Å². The van der Waals surface area contributed by atoms with E-state index in [1.54, 1.807) is 17.0 Å². The average Bonchev–Trinajstić information content (AvgIpc) is 3.12. The fourth-order valence-electron chi connectivity index (χ4n) is 3.03. The lowest BCUT2D eigenvalue weighted by atomic mass is 9.98. The average molecular weight is 376 g/mol. The molecular weight excluding hydrogens is 351 g/mol. The van der Waals surface area contributed by atoms with Crippen molar-refractivity contribution in [1.29, 1.82) is 0 Å². The van der Waals surface area contributed by atoms with Crippen LogP contribution in [0.3, 0.4) is 0 Å². The maximum atomic E-state index is 12.9. The van der Waals surface area contributed by atoms with Crippen LogP contribution in [0.25, 0.3) is 0 Å². The molecule has 1 aliphatic rings. The van der Waals surface area contributed by atoms with Gasteiger partial charge in [0.15, 0.2) is 5.82 Å². The molecule has 1 aromatic heterocycles. The molecule has 8 heteroatoms. The first-order valence-electron chi connectivity index (χ1n) is 9.27. The van der Waals surface area contributed by atoms with Crippen molar-refractivity contribution in [3.8, 4) is 5.75 Å². The van der Waals surface area contributed by atoms with Crippen LogP contribution < -0.4 is 10.1 Å². The van der Waals surface area contributed by atoms with Crippen molar-refractivity contribution in [2.24, 2.45) is 0 Å². The summed E-state index contributed by atoms with van der Waals surface area (Å²) in [6.45, 7) is 5.57. The lowest BCUT2D eigenvalue weighted by Gasteiger charge is -2.31. The van der Waals surface area contributed by atoms with Gasteiger partial charge < -0.3 is 19.5 Å². The Labute approximate surface area is 157 Å². The molecule has 1 saturated heterocycles. The number of nitrogens with zero attached hydrogens (tertiary/aromatic N) is 3. The zero-order valence-electron chi connectivity index (χ0n) is 15.7. The third kappa shape index (κ3) is 5.42. The summed E-state index contributed by atoms with van der Waals surface area (Å²) in [6.07, 6.45) is 2.31. The molecule has 27 heavy (non-hydrogen) atoms. The van der Waals surface area contributed by atoms with Crippen molar-refractivity contribution in [3.63, 3.8) is 0 Å². The third-order valence-corrected chi connectivity index (χ3v) is 4.36. The largest absolute Gasteiger partial charge is 0.493 e. The molecule has 1 N–H and O–H groups in total. The summed E-state index contributed by atoms with van der Waals surface area (Å²) < 4.78 is 23.8. The first-order valence-corrected chi connectivity index (χ1v) is 9.27. The van der Waals surface area contributed by atoms with Gasteiger partial charge in [0.1, 0.15) is 11.6 Å². The molecule has 0 aliphatic carbocycles. The first kappa shape index (κ1) is 19.1. The predicted octanol–water partition coefficient (Wildman–Crippen LogP) is 3.13. The lowest BCUT2D eigenvalue weighted by molar-refractivity contribution is 0.170.